The minimum absolute atomic E-state index is 0.116. The normalized spacial score (nSPS) is 11.3. The Kier molecular flexibility index (Phi) is 6.28. The number of rotatable bonds is 6. The van der Waals surface area contributed by atoms with Crippen LogP contribution in [0.5, 0.6) is 0 Å². The van der Waals surface area contributed by atoms with Gasteiger partial charge in [-0.15, -0.1) is 0 Å². The first-order chi connectivity index (χ1) is 14.4. The van der Waals surface area contributed by atoms with Gasteiger partial charge < -0.3 is 15.8 Å². The first kappa shape index (κ1) is 20.8. The van der Waals surface area contributed by atoms with Gasteiger partial charge in [-0.25, -0.2) is 4.98 Å². The third-order valence-electron chi connectivity index (χ3n) is 4.66. The number of nitriles is 1. The first-order valence-electron chi connectivity index (χ1n) is 9.62. The number of aryl methyl sites for hydroxylation is 2. The predicted molar refractivity (Wildman–Crippen MR) is 119 cm³/mol. The molecule has 7 heteroatoms. The minimum Gasteiger partial charge on any atom is -0.411 e. The van der Waals surface area contributed by atoms with Gasteiger partial charge in [0.15, 0.2) is 0 Å². The molecule has 0 radical (unpaired) electrons. The average Bonchev–Trinajstić information content (AvgIpc) is 2.72. The fourth-order valence-corrected chi connectivity index (χ4v) is 3.19. The van der Waals surface area contributed by atoms with Gasteiger partial charge in [0.05, 0.1) is 17.3 Å². The molecular formula is C23H24N6O. The highest BCUT2D eigenvalue weighted by Gasteiger charge is 2.13. The molecule has 2 aromatic carbocycles. The van der Waals surface area contributed by atoms with Crippen LogP contribution in [-0.2, 0) is 0 Å². The summed E-state index contributed by atoms with van der Waals surface area (Å²) in [5.74, 6) is 1.22. The van der Waals surface area contributed by atoms with Crippen molar-refractivity contribution in [2.24, 2.45) is 11.1 Å². The Morgan fingerprint density at radius 3 is 2.30 bits per heavy atom. The van der Waals surface area contributed by atoms with E-state index in [1.165, 1.54) is 0 Å². The SMILES string of the molecule is Cc1cc(/C(=N/O)C(C)C)cc(C)c1Nc1ccnc(Nc2ccc(C#N)cc2)n1. The summed E-state index contributed by atoms with van der Waals surface area (Å²) >= 11 is 0. The van der Waals surface area contributed by atoms with Crippen molar-refractivity contribution >= 4 is 28.9 Å². The van der Waals surface area contributed by atoms with Crippen LogP contribution in [-0.4, -0.2) is 20.9 Å². The van der Waals surface area contributed by atoms with Gasteiger partial charge in [-0.05, 0) is 73.4 Å². The molecule has 0 saturated heterocycles. The Balaban J connectivity index is 1.83. The standard InChI is InChI=1S/C23H24N6O/c1-14(2)21(29-30)18-11-15(3)22(16(4)12-18)27-20-9-10-25-23(28-20)26-19-7-5-17(13-24)6-8-19/h5-12,14,30H,1-4H3,(H2,25,26,27,28)/b29-21+. The van der Waals surface area contributed by atoms with Crippen LogP contribution in [0.3, 0.4) is 0 Å². The molecule has 0 aliphatic heterocycles. The number of anilines is 4. The average molecular weight is 400 g/mol. The fourth-order valence-electron chi connectivity index (χ4n) is 3.19. The summed E-state index contributed by atoms with van der Waals surface area (Å²) < 4.78 is 0. The lowest BCUT2D eigenvalue weighted by molar-refractivity contribution is 0.316. The number of nitrogens with one attached hydrogen (secondary N) is 2. The van der Waals surface area contributed by atoms with E-state index in [0.717, 1.165) is 28.1 Å². The molecule has 1 aromatic heterocycles. The summed E-state index contributed by atoms with van der Waals surface area (Å²) in [5, 5.41) is 28.2. The van der Waals surface area contributed by atoms with Crippen LogP contribution in [0.2, 0.25) is 0 Å². The molecule has 3 aromatic rings. The second-order valence-electron chi connectivity index (χ2n) is 7.33. The molecule has 0 atom stereocenters. The molecule has 152 valence electrons. The molecule has 30 heavy (non-hydrogen) atoms. The molecule has 7 nitrogen and oxygen atoms in total. The number of benzene rings is 2. The molecule has 3 rings (SSSR count). The van der Waals surface area contributed by atoms with E-state index < -0.39 is 0 Å². The maximum atomic E-state index is 9.35. The highest BCUT2D eigenvalue weighted by Crippen LogP contribution is 2.27. The van der Waals surface area contributed by atoms with E-state index >= 15 is 0 Å². The van der Waals surface area contributed by atoms with Crippen molar-refractivity contribution < 1.29 is 5.21 Å². The summed E-state index contributed by atoms with van der Waals surface area (Å²) in [6.07, 6.45) is 1.68. The highest BCUT2D eigenvalue weighted by atomic mass is 16.4. The zero-order valence-electron chi connectivity index (χ0n) is 17.4. The number of aromatic nitrogens is 2. The van der Waals surface area contributed by atoms with Crippen molar-refractivity contribution in [3.05, 3.63) is 70.9 Å². The molecule has 0 amide bonds. The molecule has 0 aliphatic rings. The first-order valence-corrected chi connectivity index (χ1v) is 9.62. The molecule has 0 fully saturated rings. The Bertz CT molecular complexity index is 1090. The van der Waals surface area contributed by atoms with Crippen LogP contribution in [0.4, 0.5) is 23.1 Å². The number of hydrogen-bond acceptors (Lipinski definition) is 7. The summed E-state index contributed by atoms with van der Waals surface area (Å²) in [6, 6.07) is 15.0. The van der Waals surface area contributed by atoms with Crippen LogP contribution < -0.4 is 10.6 Å². The molecule has 0 bridgehead atoms. The Morgan fingerprint density at radius 2 is 1.73 bits per heavy atom. The van der Waals surface area contributed by atoms with Gasteiger partial charge in [-0.2, -0.15) is 10.2 Å². The maximum absolute atomic E-state index is 9.35. The topological polar surface area (TPSA) is 106 Å². The van der Waals surface area contributed by atoms with Crippen molar-refractivity contribution in [1.82, 2.24) is 9.97 Å². The smallest absolute Gasteiger partial charge is 0.229 e. The highest BCUT2D eigenvalue weighted by molar-refractivity contribution is 6.02. The Morgan fingerprint density at radius 1 is 1.07 bits per heavy atom. The quantitative estimate of drug-likeness (QED) is 0.295. The zero-order chi connectivity index (χ0) is 21.7. The summed E-state index contributed by atoms with van der Waals surface area (Å²) in [5.41, 5.74) is 5.94. The Labute approximate surface area is 176 Å². The second kappa shape index (κ2) is 9.05. The van der Waals surface area contributed by atoms with Crippen molar-refractivity contribution in [3.63, 3.8) is 0 Å². The van der Waals surface area contributed by atoms with Gasteiger partial charge in [0, 0.05) is 23.1 Å². The van der Waals surface area contributed by atoms with Gasteiger partial charge in [0.25, 0.3) is 0 Å². The number of hydrogen-bond donors (Lipinski definition) is 3. The predicted octanol–water partition coefficient (Wildman–Crippen LogP) is 5.29. The van der Waals surface area contributed by atoms with Crippen LogP contribution in [0.15, 0.2) is 53.8 Å². The van der Waals surface area contributed by atoms with Crippen LogP contribution in [0.25, 0.3) is 0 Å². The van der Waals surface area contributed by atoms with E-state index in [1.807, 2.05) is 52.0 Å². The number of nitrogens with zero attached hydrogens (tertiary/aromatic N) is 4. The third kappa shape index (κ3) is 4.73. The largest absolute Gasteiger partial charge is 0.411 e. The monoisotopic (exact) mass is 400 g/mol. The zero-order valence-corrected chi connectivity index (χ0v) is 17.4. The molecule has 1 heterocycles. The van der Waals surface area contributed by atoms with Crippen molar-refractivity contribution in [3.8, 4) is 6.07 Å². The van der Waals surface area contributed by atoms with Gasteiger partial charge in [-0.1, -0.05) is 19.0 Å². The third-order valence-corrected chi connectivity index (χ3v) is 4.66. The van der Waals surface area contributed by atoms with E-state index in [0.29, 0.717) is 23.0 Å². The van der Waals surface area contributed by atoms with E-state index in [-0.39, 0.29) is 5.92 Å². The maximum Gasteiger partial charge on any atom is 0.229 e. The summed E-state index contributed by atoms with van der Waals surface area (Å²) in [7, 11) is 0. The van der Waals surface area contributed by atoms with Crippen LogP contribution >= 0.6 is 0 Å². The van der Waals surface area contributed by atoms with Gasteiger partial charge in [0.2, 0.25) is 5.95 Å². The summed E-state index contributed by atoms with van der Waals surface area (Å²) in [4.78, 5) is 8.79. The Hall–Kier alpha value is -3.92. The molecule has 0 unspecified atom stereocenters. The van der Waals surface area contributed by atoms with Crippen molar-refractivity contribution in [2.75, 3.05) is 10.6 Å². The lowest BCUT2D eigenvalue weighted by atomic mass is 9.95. The lowest BCUT2D eigenvalue weighted by Gasteiger charge is -2.16. The van der Waals surface area contributed by atoms with Crippen molar-refractivity contribution in [2.45, 2.75) is 27.7 Å². The van der Waals surface area contributed by atoms with Gasteiger partial charge >= 0.3 is 0 Å². The van der Waals surface area contributed by atoms with Crippen molar-refractivity contribution in [1.29, 1.82) is 5.26 Å². The molecule has 0 spiro atoms. The molecular weight excluding hydrogens is 376 g/mol. The molecule has 0 aliphatic carbocycles. The molecule has 0 saturated carbocycles. The summed E-state index contributed by atoms with van der Waals surface area (Å²) in [6.45, 7) is 8.00. The van der Waals surface area contributed by atoms with Crippen LogP contribution in [0, 0.1) is 31.1 Å². The number of oxime groups is 1. The molecule has 3 N–H and O–H groups in total. The van der Waals surface area contributed by atoms with Gasteiger partial charge in [-0.3, -0.25) is 0 Å². The lowest BCUT2D eigenvalue weighted by Crippen LogP contribution is -2.11. The minimum atomic E-state index is 0.116. The van der Waals surface area contributed by atoms with Crippen LogP contribution in [0.1, 0.15) is 36.1 Å². The fraction of sp³-hybridized carbons (Fsp3) is 0.217. The van der Waals surface area contributed by atoms with E-state index in [9.17, 15) is 5.21 Å². The van der Waals surface area contributed by atoms with E-state index in [1.54, 1.807) is 24.4 Å². The second-order valence-corrected chi connectivity index (χ2v) is 7.33. The van der Waals surface area contributed by atoms with E-state index in [2.05, 4.69) is 31.8 Å². The van der Waals surface area contributed by atoms with Gasteiger partial charge in [0.1, 0.15) is 5.82 Å². The van der Waals surface area contributed by atoms with E-state index in [4.69, 9.17) is 5.26 Å².